The van der Waals surface area contributed by atoms with Crippen molar-refractivity contribution in [2.45, 2.75) is 235 Å². The minimum Gasteiger partial charge on any atom is -0.396 e. The molecule has 8 bridgehead atoms. The summed E-state index contributed by atoms with van der Waals surface area (Å²) in [4.78, 5) is 104. The predicted molar refractivity (Wildman–Crippen MR) is 372 cm³/mol. The average Bonchev–Trinajstić information content (AvgIpc) is 1.66. The maximum Gasteiger partial charge on any atom is 0.472 e. The van der Waals surface area contributed by atoms with Crippen LogP contribution in [0.2, 0.25) is 0 Å². The second-order valence-electron chi connectivity index (χ2n) is 27.8. The zero-order chi connectivity index (χ0) is 85.2. The van der Waals surface area contributed by atoms with E-state index in [2.05, 4.69) is 0 Å². The molecule has 12 saturated heterocycles. The van der Waals surface area contributed by atoms with E-state index in [1.165, 1.54) is 13.8 Å². The molecule has 662 valence electrons. The van der Waals surface area contributed by atoms with Crippen molar-refractivity contribution < 1.29 is 226 Å². The van der Waals surface area contributed by atoms with Gasteiger partial charge in [-0.05, 0) is 55.4 Å². The van der Waals surface area contributed by atoms with E-state index in [9.17, 15) is 101 Å². The molecular formula is C57H106O48P8. The number of carbonyl (C=O) groups is 3. The number of phosphoric ester groups is 8. The number of aliphatic hydroxyl groups is 5. The Bertz CT molecular complexity index is 3300. The fraction of sp³-hybridized carbons (Fsp3) is 0.947. The summed E-state index contributed by atoms with van der Waals surface area (Å²) < 4.78 is 224. The van der Waals surface area contributed by atoms with Crippen molar-refractivity contribution in [3.05, 3.63) is 0 Å². The van der Waals surface area contributed by atoms with Crippen LogP contribution in [-0.2, 0) is 161 Å². The third-order valence-corrected chi connectivity index (χ3v) is 28.2. The molecule has 12 aliphatic heterocycles. The van der Waals surface area contributed by atoms with E-state index < -0.39 is 286 Å². The number of fused-ring (bicyclic) bond motifs is 12. The molecule has 12 rings (SSSR count). The van der Waals surface area contributed by atoms with Crippen LogP contribution in [-0.4, -0.2) is 316 Å². The third kappa shape index (κ3) is 27.2. The quantitative estimate of drug-likeness (QED) is 0.177. The Morgan fingerprint density at radius 3 is 0.761 bits per heavy atom. The van der Waals surface area contributed by atoms with Crippen molar-refractivity contribution in [2.75, 3.05) is 72.7 Å². The van der Waals surface area contributed by atoms with Crippen molar-refractivity contribution in [3.8, 4) is 0 Å². The lowest BCUT2D eigenvalue weighted by Gasteiger charge is -2.25. The van der Waals surface area contributed by atoms with E-state index in [0.29, 0.717) is 0 Å². The topological polar surface area (TPSA) is 672 Å². The minimum absolute atomic E-state index is 0.210. The molecule has 0 aliphatic carbocycles. The monoisotopic (exact) mass is 1810 g/mol. The number of hydrogen-bond donors (Lipinski definition) is 13. The number of phosphoric acid groups is 8. The van der Waals surface area contributed by atoms with Gasteiger partial charge in [0.05, 0.1) is 134 Å². The van der Waals surface area contributed by atoms with E-state index in [1.807, 2.05) is 20.4 Å². The summed E-state index contributed by atoms with van der Waals surface area (Å²) in [5, 5.41) is 49.2. The molecule has 0 saturated carbocycles. The van der Waals surface area contributed by atoms with E-state index in [-0.39, 0.29) is 43.2 Å². The van der Waals surface area contributed by atoms with Crippen LogP contribution < -0.4 is 0 Å². The minimum atomic E-state index is -4.62. The van der Waals surface area contributed by atoms with Gasteiger partial charge in [0.15, 0.2) is 0 Å². The molecule has 12 fully saturated rings. The first kappa shape index (κ1) is 101. The first-order chi connectivity index (χ1) is 52.6. The van der Waals surface area contributed by atoms with Crippen molar-refractivity contribution >= 4 is 82.9 Å². The van der Waals surface area contributed by atoms with E-state index in [4.69, 9.17) is 125 Å². The van der Waals surface area contributed by atoms with Gasteiger partial charge in [-0.2, -0.15) is 0 Å². The van der Waals surface area contributed by atoms with Gasteiger partial charge >= 0.3 is 62.6 Å². The highest BCUT2D eigenvalue weighted by atomic mass is 31.2. The number of ether oxygens (including phenoxy) is 8. The summed E-state index contributed by atoms with van der Waals surface area (Å²) in [6, 6.07) is 0. The number of hydrogen-bond acceptors (Lipinski definition) is 40. The molecule has 12 heterocycles. The lowest BCUT2D eigenvalue weighted by Crippen LogP contribution is -2.35. The fourth-order valence-corrected chi connectivity index (χ4v) is 22.3. The van der Waals surface area contributed by atoms with Gasteiger partial charge < -0.3 is 117 Å². The Balaban J connectivity index is 0.000000229. The smallest absolute Gasteiger partial charge is 0.396 e. The second-order valence-corrected chi connectivity index (χ2v) is 39.1. The SMILES string of the molecule is C=O.C=O.C=O.CC1OC2COP(=O)(O)OC3C(C)OC(COP(=O)(O)OC2C1C)C3C.CC1OC2COP(=O)(O)OC3C(C)OC(COP(=O)(O)OC2C1C)C3O.CC1OC2COP(=O)(O)OC3C(C)OC(COP(=O)(O)OC2C1CO)C3CO.CC1OC2COP(=O)(O)OC3C(C)OC(COP(=O)(O)OC2C1CO)C3O. The predicted octanol–water partition coefficient (Wildman–Crippen LogP) is 1.22. The van der Waals surface area contributed by atoms with Gasteiger partial charge in [-0.15, -0.1) is 0 Å². The van der Waals surface area contributed by atoms with Gasteiger partial charge in [-0.3, -0.25) is 72.4 Å². The first-order valence-corrected chi connectivity index (χ1v) is 47.1. The molecule has 12 aliphatic rings. The first-order valence-electron chi connectivity index (χ1n) is 35.1. The standard InChI is InChI=1S/C14H26O12P2.C14H26O10P2.C13H24O12P2.C13H24O11P2.3CH2O/c1-7-9(3-15)14-12(23-7)6-22-27(17,18)25-13-8(2)24-11(10(13)4-16)5-21-28(19,20)26-14;1-7-9(3)21-12-6-20-25(15,16)23-13-8(2)11(22-10(13)4)5-19-26(17,18)24-14(7)12;1-6-8(3-14)13-10(22-6)5-21-26(16,17)24-12-7(2)23-9(11(12)15)4-20-27(18,19)25-13;1-6-7(2)21-10-5-20-26(17,18)24-13-8(3)22-9(11(13)14)4-19-25(15,16)23-12(6)10;3*1-2/h7-16H,3-6H2,1-2H3,(H,17,18)(H,19,20);7-14H,5-6H2,1-4H3,(H,15,16)(H,17,18);6-15H,3-5H2,1-2H3,(H,16,17)(H,18,19);6-14H,4-5H2,1-3H3,(H,15,16)(H,17,18);3*1H2. The van der Waals surface area contributed by atoms with Gasteiger partial charge in [0.25, 0.3) is 0 Å². The molecule has 0 spiro atoms. The van der Waals surface area contributed by atoms with Crippen molar-refractivity contribution in [1.29, 1.82) is 0 Å². The molecule has 13 N–H and O–H groups in total. The van der Waals surface area contributed by atoms with E-state index in [0.717, 1.165) is 0 Å². The van der Waals surface area contributed by atoms with Crippen LogP contribution in [0, 0.1) is 35.5 Å². The molecule has 56 heteroatoms. The maximum absolute atomic E-state index is 12.4. The zero-order valence-electron chi connectivity index (χ0n) is 63.1. The summed E-state index contributed by atoms with van der Waals surface area (Å²) in [5.74, 6) is -3.06. The van der Waals surface area contributed by atoms with Crippen LogP contribution in [0.1, 0.15) is 76.2 Å². The largest absolute Gasteiger partial charge is 0.472 e. The highest BCUT2D eigenvalue weighted by Gasteiger charge is 2.57. The molecule has 40 unspecified atom stereocenters. The van der Waals surface area contributed by atoms with Gasteiger partial charge in [0.1, 0.15) is 118 Å². The van der Waals surface area contributed by atoms with Crippen molar-refractivity contribution in [1.82, 2.24) is 0 Å². The molecule has 0 amide bonds. The lowest BCUT2D eigenvalue weighted by atomic mass is 9.98. The van der Waals surface area contributed by atoms with E-state index in [1.54, 1.807) is 62.3 Å². The Hall–Kier alpha value is -0.630. The Labute approximate surface area is 649 Å². The number of aliphatic hydroxyl groups excluding tert-OH is 5. The molecule has 0 aromatic carbocycles. The lowest BCUT2D eigenvalue weighted by molar-refractivity contribution is -0.0987. The fourth-order valence-electron chi connectivity index (χ4n) is 14.1. The summed E-state index contributed by atoms with van der Waals surface area (Å²) in [6.07, 6.45) is -22.7. The van der Waals surface area contributed by atoms with Crippen LogP contribution in [0.25, 0.3) is 0 Å². The van der Waals surface area contributed by atoms with Crippen molar-refractivity contribution in [2.24, 2.45) is 35.5 Å². The van der Waals surface area contributed by atoms with Crippen LogP contribution in [0.4, 0.5) is 0 Å². The molecule has 48 nitrogen and oxygen atoms in total. The molecule has 0 aromatic heterocycles. The van der Waals surface area contributed by atoms with Crippen molar-refractivity contribution in [3.63, 3.8) is 0 Å². The Kier molecular flexibility index (Phi) is 38.2. The maximum atomic E-state index is 12.4. The second kappa shape index (κ2) is 42.6. The van der Waals surface area contributed by atoms with Gasteiger partial charge in [0.2, 0.25) is 0 Å². The average molecular weight is 1810 g/mol. The number of rotatable bonds is 3. The summed E-state index contributed by atoms with van der Waals surface area (Å²) in [5.41, 5.74) is 0. The molecule has 113 heavy (non-hydrogen) atoms. The third-order valence-electron chi connectivity index (χ3n) is 20.3. The van der Waals surface area contributed by atoms with Crippen LogP contribution in [0.15, 0.2) is 0 Å². The van der Waals surface area contributed by atoms with Crippen LogP contribution >= 0.6 is 62.6 Å². The van der Waals surface area contributed by atoms with Gasteiger partial charge in [0, 0.05) is 35.5 Å². The molecule has 0 aromatic rings. The summed E-state index contributed by atoms with van der Waals surface area (Å²) >= 11 is 0. The highest BCUT2D eigenvalue weighted by molar-refractivity contribution is 7.49. The summed E-state index contributed by atoms with van der Waals surface area (Å²) in [7, 11) is -36.2. The van der Waals surface area contributed by atoms with E-state index >= 15 is 0 Å². The molecule has 40 atom stereocenters. The Morgan fingerprint density at radius 2 is 0.442 bits per heavy atom. The molecular weight excluding hydrogens is 1700 g/mol. The van der Waals surface area contributed by atoms with Crippen LogP contribution in [0.5, 0.6) is 0 Å². The highest BCUT2D eigenvalue weighted by Crippen LogP contribution is 2.59. The summed E-state index contributed by atoms with van der Waals surface area (Å²) in [6.45, 7) is 19.7. The Morgan fingerprint density at radius 1 is 0.239 bits per heavy atom. The van der Waals surface area contributed by atoms with Crippen LogP contribution in [0.3, 0.4) is 0 Å². The van der Waals surface area contributed by atoms with Gasteiger partial charge in [-0.25, -0.2) is 36.5 Å². The van der Waals surface area contributed by atoms with Gasteiger partial charge in [-0.1, -0.05) is 20.8 Å². The zero-order valence-corrected chi connectivity index (χ0v) is 70.2. The molecule has 0 radical (unpaired) electrons. The number of carbonyl (C=O) groups excluding carboxylic acids is 3. The normalized spacial score (nSPS) is 52.2.